The maximum Gasteiger partial charge on any atom is 0.0971 e. The van der Waals surface area contributed by atoms with E-state index in [0.29, 0.717) is 24.7 Å². The van der Waals surface area contributed by atoms with Crippen molar-refractivity contribution in [1.29, 1.82) is 0 Å². The highest BCUT2D eigenvalue weighted by Gasteiger charge is 2.08. The van der Waals surface area contributed by atoms with Crippen molar-refractivity contribution < 1.29 is 5.11 Å². The predicted molar refractivity (Wildman–Crippen MR) is 78.9 cm³/mol. The van der Waals surface area contributed by atoms with Crippen molar-refractivity contribution in [2.75, 3.05) is 19.7 Å². The zero-order valence-corrected chi connectivity index (χ0v) is 11.9. The van der Waals surface area contributed by atoms with Gasteiger partial charge in [-0.1, -0.05) is 22.9 Å². The molecule has 0 bridgehead atoms. The molecule has 0 saturated carbocycles. The minimum absolute atomic E-state index is 0.110. The molecule has 0 fully saturated rings. The third-order valence-corrected chi connectivity index (χ3v) is 3.07. The molecule has 0 radical (unpaired) electrons. The van der Waals surface area contributed by atoms with Gasteiger partial charge in [0.05, 0.1) is 24.2 Å². The highest BCUT2D eigenvalue weighted by molar-refractivity contribution is 6.30. The van der Waals surface area contributed by atoms with Crippen molar-refractivity contribution >= 4 is 11.6 Å². The zero-order chi connectivity index (χ0) is 14.4. The van der Waals surface area contributed by atoms with E-state index in [9.17, 15) is 0 Å². The first-order valence-electron chi connectivity index (χ1n) is 6.34. The average molecular weight is 293 g/mol. The fourth-order valence-corrected chi connectivity index (χ4v) is 2.00. The number of aromatic nitrogens is 3. The van der Waals surface area contributed by atoms with Gasteiger partial charge in [-0.05, 0) is 24.3 Å². The Balaban J connectivity index is 2.08. The molecule has 0 saturated heterocycles. The van der Waals surface area contributed by atoms with Gasteiger partial charge in [0.2, 0.25) is 0 Å². The number of hydrogen-bond acceptors (Lipinski definition) is 4. The fourth-order valence-electron chi connectivity index (χ4n) is 1.88. The van der Waals surface area contributed by atoms with Crippen molar-refractivity contribution in [3.63, 3.8) is 0 Å². The number of hydrogen-bond donors (Lipinski definition) is 1. The van der Waals surface area contributed by atoms with E-state index in [2.05, 4.69) is 16.9 Å². The number of aliphatic hydroxyl groups excluding tert-OH is 1. The summed E-state index contributed by atoms with van der Waals surface area (Å²) in [6.07, 6.45) is 3.68. The van der Waals surface area contributed by atoms with Crippen LogP contribution in [0, 0.1) is 0 Å². The van der Waals surface area contributed by atoms with E-state index in [0.717, 1.165) is 11.4 Å². The Morgan fingerprint density at radius 3 is 2.75 bits per heavy atom. The summed E-state index contributed by atoms with van der Waals surface area (Å²) >= 11 is 5.86. The summed E-state index contributed by atoms with van der Waals surface area (Å²) in [6, 6.07) is 7.40. The molecule has 6 heteroatoms. The number of rotatable bonds is 7. The van der Waals surface area contributed by atoms with Gasteiger partial charge in [-0.25, -0.2) is 4.68 Å². The van der Waals surface area contributed by atoms with E-state index in [1.165, 1.54) is 0 Å². The van der Waals surface area contributed by atoms with Crippen molar-refractivity contribution in [2.24, 2.45) is 0 Å². The van der Waals surface area contributed by atoms with Crippen LogP contribution in [0.25, 0.3) is 5.69 Å². The largest absolute Gasteiger partial charge is 0.395 e. The predicted octanol–water partition coefficient (Wildman–Crippen LogP) is 1.90. The van der Waals surface area contributed by atoms with Crippen LogP contribution in [0.15, 0.2) is 43.1 Å². The van der Waals surface area contributed by atoms with Gasteiger partial charge >= 0.3 is 0 Å². The zero-order valence-electron chi connectivity index (χ0n) is 11.1. The second-order valence-electron chi connectivity index (χ2n) is 4.38. The maximum atomic E-state index is 9.02. The molecule has 0 atom stereocenters. The van der Waals surface area contributed by atoms with Gasteiger partial charge in [0.25, 0.3) is 0 Å². The Morgan fingerprint density at radius 1 is 1.35 bits per heavy atom. The third kappa shape index (κ3) is 3.90. The third-order valence-electron chi connectivity index (χ3n) is 2.82. The Hall–Kier alpha value is -1.69. The van der Waals surface area contributed by atoms with E-state index in [1.54, 1.807) is 10.8 Å². The van der Waals surface area contributed by atoms with Gasteiger partial charge in [0, 0.05) is 24.7 Å². The summed E-state index contributed by atoms with van der Waals surface area (Å²) < 4.78 is 1.71. The molecule has 0 amide bonds. The van der Waals surface area contributed by atoms with E-state index in [1.807, 2.05) is 35.4 Å². The topological polar surface area (TPSA) is 54.2 Å². The van der Waals surface area contributed by atoms with Gasteiger partial charge in [-0.15, -0.1) is 11.7 Å². The van der Waals surface area contributed by atoms with Gasteiger partial charge in [0.1, 0.15) is 0 Å². The molecule has 2 rings (SSSR count). The van der Waals surface area contributed by atoms with Crippen molar-refractivity contribution in [1.82, 2.24) is 19.9 Å². The summed E-state index contributed by atoms with van der Waals surface area (Å²) in [5.74, 6) is 0. The first-order chi connectivity index (χ1) is 9.72. The van der Waals surface area contributed by atoms with Crippen LogP contribution in [0.3, 0.4) is 0 Å². The van der Waals surface area contributed by atoms with E-state index >= 15 is 0 Å². The van der Waals surface area contributed by atoms with Gasteiger partial charge in [-0.2, -0.15) is 0 Å². The number of halogens is 1. The van der Waals surface area contributed by atoms with Crippen LogP contribution in [-0.2, 0) is 6.54 Å². The average Bonchev–Trinajstić information content (AvgIpc) is 2.89. The first-order valence-corrected chi connectivity index (χ1v) is 6.72. The maximum absolute atomic E-state index is 9.02. The Labute approximate surface area is 123 Å². The van der Waals surface area contributed by atoms with Crippen molar-refractivity contribution in [3.8, 4) is 5.69 Å². The molecular weight excluding hydrogens is 276 g/mol. The molecule has 1 N–H and O–H groups in total. The first kappa shape index (κ1) is 14.7. The quantitative estimate of drug-likeness (QED) is 0.792. The van der Waals surface area contributed by atoms with Crippen LogP contribution >= 0.6 is 11.6 Å². The summed E-state index contributed by atoms with van der Waals surface area (Å²) in [4.78, 5) is 2.04. The monoisotopic (exact) mass is 292 g/mol. The highest BCUT2D eigenvalue weighted by atomic mass is 35.5. The lowest BCUT2D eigenvalue weighted by Crippen LogP contribution is -2.26. The minimum Gasteiger partial charge on any atom is -0.395 e. The van der Waals surface area contributed by atoms with Gasteiger partial charge < -0.3 is 5.11 Å². The summed E-state index contributed by atoms with van der Waals surface area (Å²) in [7, 11) is 0. The van der Waals surface area contributed by atoms with Crippen LogP contribution in [-0.4, -0.2) is 44.7 Å². The minimum atomic E-state index is 0.110. The molecule has 2 aromatic rings. The Bertz CT molecular complexity index is 553. The lowest BCUT2D eigenvalue weighted by atomic mass is 10.3. The Kier molecular flexibility index (Phi) is 5.29. The lowest BCUT2D eigenvalue weighted by molar-refractivity contribution is 0.202. The van der Waals surface area contributed by atoms with Crippen LogP contribution in [0.5, 0.6) is 0 Å². The summed E-state index contributed by atoms with van der Waals surface area (Å²) in [5.41, 5.74) is 1.75. The molecule has 1 aromatic heterocycles. The number of aliphatic hydroxyl groups is 1. The molecule has 20 heavy (non-hydrogen) atoms. The molecule has 1 heterocycles. The molecule has 0 unspecified atom stereocenters. The lowest BCUT2D eigenvalue weighted by Gasteiger charge is -2.17. The summed E-state index contributed by atoms with van der Waals surface area (Å²) in [5, 5.41) is 17.9. The molecule has 106 valence electrons. The van der Waals surface area contributed by atoms with E-state index < -0.39 is 0 Å². The normalized spacial score (nSPS) is 10.9. The van der Waals surface area contributed by atoms with Gasteiger partial charge in [-0.3, -0.25) is 4.90 Å². The molecule has 0 spiro atoms. The second kappa shape index (κ2) is 7.19. The molecular formula is C14H17ClN4O. The standard InChI is InChI=1S/C14H17ClN4O/c1-2-7-18(8-9-20)10-13-11-19(17-16-13)14-5-3-12(15)4-6-14/h2-6,11,20H,1,7-10H2. The van der Waals surface area contributed by atoms with Crippen LogP contribution in [0.2, 0.25) is 5.02 Å². The van der Waals surface area contributed by atoms with E-state index in [-0.39, 0.29) is 6.61 Å². The molecule has 1 aromatic carbocycles. The number of nitrogens with zero attached hydrogens (tertiary/aromatic N) is 4. The Morgan fingerprint density at radius 2 is 2.10 bits per heavy atom. The number of benzene rings is 1. The van der Waals surface area contributed by atoms with Crippen molar-refractivity contribution in [2.45, 2.75) is 6.54 Å². The molecule has 0 aliphatic carbocycles. The van der Waals surface area contributed by atoms with E-state index in [4.69, 9.17) is 16.7 Å². The second-order valence-corrected chi connectivity index (χ2v) is 4.81. The summed E-state index contributed by atoms with van der Waals surface area (Å²) in [6.45, 7) is 5.73. The fraction of sp³-hybridized carbons (Fsp3) is 0.286. The molecule has 5 nitrogen and oxygen atoms in total. The molecule has 0 aliphatic heterocycles. The smallest absolute Gasteiger partial charge is 0.0971 e. The van der Waals surface area contributed by atoms with Crippen LogP contribution in [0.4, 0.5) is 0 Å². The van der Waals surface area contributed by atoms with Gasteiger partial charge in [0.15, 0.2) is 0 Å². The van der Waals surface area contributed by atoms with Crippen LogP contribution in [0.1, 0.15) is 5.69 Å². The molecule has 0 aliphatic rings. The van der Waals surface area contributed by atoms with Crippen molar-refractivity contribution in [3.05, 3.63) is 53.8 Å². The highest BCUT2D eigenvalue weighted by Crippen LogP contribution is 2.13. The van der Waals surface area contributed by atoms with Crippen LogP contribution < -0.4 is 0 Å². The SMILES string of the molecule is C=CCN(CCO)Cc1cn(-c2ccc(Cl)cc2)nn1.